The minimum Gasteiger partial charge on any atom is -0.379 e. The molecule has 0 saturated carbocycles. The van der Waals surface area contributed by atoms with Crippen molar-refractivity contribution < 1.29 is 9.53 Å². The Bertz CT molecular complexity index is 286. The van der Waals surface area contributed by atoms with Crippen LogP contribution in [0.1, 0.15) is 6.42 Å². The van der Waals surface area contributed by atoms with Crippen molar-refractivity contribution in [3.8, 4) is 0 Å². The van der Waals surface area contributed by atoms with Crippen molar-refractivity contribution in [2.24, 2.45) is 17.1 Å². The van der Waals surface area contributed by atoms with Crippen molar-refractivity contribution in [2.75, 3.05) is 53.5 Å². The largest absolute Gasteiger partial charge is 0.379 e. The maximum atomic E-state index is 12.3. The summed E-state index contributed by atoms with van der Waals surface area (Å²) >= 11 is 0. The van der Waals surface area contributed by atoms with Crippen molar-refractivity contribution in [1.29, 1.82) is 0 Å². The van der Waals surface area contributed by atoms with E-state index in [1.54, 1.807) is 0 Å². The Hall–Kier alpha value is -0.650. The molecule has 0 aliphatic carbocycles. The molecule has 2 aliphatic rings. The third kappa shape index (κ3) is 2.46. The van der Waals surface area contributed by atoms with Crippen LogP contribution in [0.3, 0.4) is 0 Å². The minimum absolute atomic E-state index is 0.154. The highest BCUT2D eigenvalue weighted by Gasteiger charge is 2.46. The first-order valence-corrected chi connectivity index (χ1v) is 6.29. The highest BCUT2D eigenvalue weighted by Crippen LogP contribution is 2.29. The number of rotatable bonds is 4. The maximum Gasteiger partial charge on any atom is 0.234 e. The number of hydrogen-bond acceptors (Lipinski definition) is 4. The van der Waals surface area contributed by atoms with Gasteiger partial charge >= 0.3 is 0 Å². The van der Waals surface area contributed by atoms with Crippen LogP contribution in [0.25, 0.3) is 0 Å². The SMILES string of the molecule is CN1CCC(CN(C)C(=O)C2(CN)COC2)C1. The Morgan fingerprint density at radius 1 is 1.59 bits per heavy atom. The lowest BCUT2D eigenvalue weighted by molar-refractivity contribution is -0.169. The molecule has 2 N–H and O–H groups in total. The summed E-state index contributed by atoms with van der Waals surface area (Å²) in [6.07, 6.45) is 1.18. The molecule has 1 amide bonds. The van der Waals surface area contributed by atoms with E-state index in [1.165, 1.54) is 6.42 Å². The van der Waals surface area contributed by atoms with E-state index in [4.69, 9.17) is 10.5 Å². The van der Waals surface area contributed by atoms with E-state index in [2.05, 4.69) is 11.9 Å². The first kappa shape index (κ1) is 12.8. The topological polar surface area (TPSA) is 58.8 Å². The predicted octanol–water partition coefficient (Wildman–Crippen LogP) is -0.628. The molecule has 5 heteroatoms. The zero-order valence-electron chi connectivity index (χ0n) is 10.8. The summed E-state index contributed by atoms with van der Waals surface area (Å²) in [4.78, 5) is 16.5. The molecule has 1 atom stereocenters. The summed E-state index contributed by atoms with van der Waals surface area (Å²) in [5.41, 5.74) is 5.27. The number of ether oxygens (including phenoxy) is 1. The molecule has 2 saturated heterocycles. The quantitative estimate of drug-likeness (QED) is 0.712. The molecule has 1 unspecified atom stereocenters. The van der Waals surface area contributed by atoms with Crippen molar-refractivity contribution in [1.82, 2.24) is 9.80 Å². The molecular weight excluding hydrogens is 218 g/mol. The van der Waals surface area contributed by atoms with Gasteiger partial charge in [0.15, 0.2) is 0 Å². The van der Waals surface area contributed by atoms with Crippen molar-refractivity contribution >= 4 is 5.91 Å². The second-order valence-corrected chi connectivity index (χ2v) is 5.58. The Morgan fingerprint density at radius 2 is 2.29 bits per heavy atom. The van der Waals surface area contributed by atoms with Gasteiger partial charge in [0.1, 0.15) is 5.41 Å². The molecule has 2 aliphatic heterocycles. The van der Waals surface area contributed by atoms with Gasteiger partial charge in [0.2, 0.25) is 5.91 Å². The van der Waals surface area contributed by atoms with Gasteiger partial charge in [-0.2, -0.15) is 0 Å². The molecule has 2 rings (SSSR count). The third-order valence-electron chi connectivity index (χ3n) is 3.97. The molecule has 5 nitrogen and oxygen atoms in total. The van der Waals surface area contributed by atoms with Crippen LogP contribution in [0.2, 0.25) is 0 Å². The van der Waals surface area contributed by atoms with E-state index >= 15 is 0 Å². The molecule has 0 radical (unpaired) electrons. The molecule has 0 bridgehead atoms. The fourth-order valence-corrected chi connectivity index (χ4v) is 2.73. The van der Waals surface area contributed by atoms with Gasteiger partial charge in [0.05, 0.1) is 13.2 Å². The number of nitrogens with two attached hydrogens (primary N) is 1. The average molecular weight is 241 g/mol. The Kier molecular flexibility index (Phi) is 3.70. The van der Waals surface area contributed by atoms with Crippen LogP contribution in [0, 0.1) is 11.3 Å². The zero-order chi connectivity index (χ0) is 12.5. The summed E-state index contributed by atoms with van der Waals surface area (Å²) < 4.78 is 5.15. The van der Waals surface area contributed by atoms with Gasteiger partial charge in [0.25, 0.3) is 0 Å². The van der Waals surface area contributed by atoms with Crippen LogP contribution in [-0.2, 0) is 9.53 Å². The van der Waals surface area contributed by atoms with Gasteiger partial charge in [-0.3, -0.25) is 4.79 Å². The van der Waals surface area contributed by atoms with Crippen molar-refractivity contribution in [2.45, 2.75) is 6.42 Å². The average Bonchev–Trinajstić information content (AvgIpc) is 2.63. The standard InChI is InChI=1S/C12H23N3O2/c1-14-4-3-10(5-14)6-15(2)11(16)12(7-13)8-17-9-12/h10H,3-9,13H2,1-2H3. The van der Waals surface area contributed by atoms with Gasteiger partial charge in [-0.25, -0.2) is 0 Å². The first-order chi connectivity index (χ1) is 8.07. The first-order valence-electron chi connectivity index (χ1n) is 6.29. The van der Waals surface area contributed by atoms with Gasteiger partial charge in [-0.05, 0) is 25.9 Å². The number of likely N-dealkylation sites (tertiary alicyclic amines) is 1. The molecule has 98 valence electrons. The van der Waals surface area contributed by atoms with Gasteiger partial charge in [0, 0.05) is 26.7 Å². The van der Waals surface area contributed by atoms with E-state index in [0.717, 1.165) is 19.6 Å². The molecule has 17 heavy (non-hydrogen) atoms. The number of carbonyl (C=O) groups excluding carboxylic acids is 1. The lowest BCUT2D eigenvalue weighted by atomic mass is 9.84. The minimum atomic E-state index is -0.431. The maximum absolute atomic E-state index is 12.3. The Labute approximate surface area is 103 Å². The monoisotopic (exact) mass is 241 g/mol. The lowest BCUT2D eigenvalue weighted by Gasteiger charge is -2.41. The number of hydrogen-bond donors (Lipinski definition) is 1. The van der Waals surface area contributed by atoms with E-state index in [0.29, 0.717) is 25.7 Å². The molecule has 0 aromatic carbocycles. The van der Waals surface area contributed by atoms with Crippen LogP contribution in [-0.4, -0.2) is 69.2 Å². The second-order valence-electron chi connectivity index (χ2n) is 5.58. The Balaban J connectivity index is 1.87. The summed E-state index contributed by atoms with van der Waals surface area (Å²) in [5.74, 6) is 0.755. The molecule has 0 aromatic rings. The van der Waals surface area contributed by atoms with Gasteiger partial charge in [-0.15, -0.1) is 0 Å². The van der Waals surface area contributed by atoms with Crippen LogP contribution < -0.4 is 5.73 Å². The molecule has 2 fully saturated rings. The zero-order valence-corrected chi connectivity index (χ0v) is 10.8. The lowest BCUT2D eigenvalue weighted by Crippen LogP contribution is -2.58. The highest BCUT2D eigenvalue weighted by molar-refractivity contribution is 5.84. The van der Waals surface area contributed by atoms with E-state index in [-0.39, 0.29) is 5.91 Å². The van der Waals surface area contributed by atoms with Crippen LogP contribution in [0.5, 0.6) is 0 Å². The second kappa shape index (κ2) is 4.92. The number of carbonyl (C=O) groups is 1. The third-order valence-corrected chi connectivity index (χ3v) is 3.97. The fourth-order valence-electron chi connectivity index (χ4n) is 2.73. The normalized spacial score (nSPS) is 27.8. The molecular formula is C12H23N3O2. The van der Waals surface area contributed by atoms with Crippen molar-refractivity contribution in [3.05, 3.63) is 0 Å². The predicted molar refractivity (Wildman–Crippen MR) is 65.5 cm³/mol. The van der Waals surface area contributed by atoms with Crippen LogP contribution in [0.15, 0.2) is 0 Å². The van der Waals surface area contributed by atoms with E-state index < -0.39 is 5.41 Å². The van der Waals surface area contributed by atoms with E-state index in [9.17, 15) is 4.79 Å². The highest BCUT2D eigenvalue weighted by atomic mass is 16.5. The molecule has 0 spiro atoms. The fraction of sp³-hybridized carbons (Fsp3) is 0.917. The summed E-state index contributed by atoms with van der Waals surface area (Å²) in [5, 5.41) is 0. The van der Waals surface area contributed by atoms with E-state index in [1.807, 2.05) is 11.9 Å². The number of amides is 1. The Morgan fingerprint density at radius 3 is 2.71 bits per heavy atom. The van der Waals surface area contributed by atoms with Crippen LogP contribution >= 0.6 is 0 Å². The summed E-state index contributed by atoms with van der Waals surface area (Å²) in [6, 6.07) is 0. The molecule has 2 heterocycles. The number of nitrogens with zero attached hydrogens (tertiary/aromatic N) is 2. The summed E-state index contributed by atoms with van der Waals surface area (Å²) in [7, 11) is 4.01. The van der Waals surface area contributed by atoms with Gasteiger partial charge in [-0.1, -0.05) is 0 Å². The smallest absolute Gasteiger partial charge is 0.234 e. The van der Waals surface area contributed by atoms with Crippen molar-refractivity contribution in [3.63, 3.8) is 0 Å². The van der Waals surface area contributed by atoms with Crippen LogP contribution in [0.4, 0.5) is 0 Å². The molecule has 0 aromatic heterocycles. The summed E-state index contributed by atoms with van der Waals surface area (Å²) in [6.45, 7) is 4.42. The van der Waals surface area contributed by atoms with Gasteiger partial charge < -0.3 is 20.3 Å².